The van der Waals surface area contributed by atoms with E-state index in [0.717, 1.165) is 0 Å². The lowest BCUT2D eigenvalue weighted by molar-refractivity contribution is 0.552. The van der Waals surface area contributed by atoms with E-state index in [9.17, 15) is 4.79 Å². The quantitative estimate of drug-likeness (QED) is 0.327. The zero-order valence-electron chi connectivity index (χ0n) is 2.89. The summed E-state index contributed by atoms with van der Waals surface area (Å²) in [6.07, 6.45) is 1.30. The summed E-state index contributed by atoms with van der Waals surface area (Å²) < 4.78 is 0. The first-order valence-electron chi connectivity index (χ1n) is 1.20. The minimum atomic E-state index is -0.0509. The van der Waals surface area contributed by atoms with Crippen LogP contribution < -0.4 is 11.1 Å². The highest BCUT2D eigenvalue weighted by molar-refractivity contribution is 7.80. The van der Waals surface area contributed by atoms with Crippen molar-refractivity contribution in [2.75, 3.05) is 0 Å². The molecule has 1 radical (unpaired) electrons. The Morgan fingerprint density at radius 2 is 2.50 bits per heavy atom. The highest BCUT2D eigenvalue weighted by Gasteiger charge is 1.75. The van der Waals surface area contributed by atoms with Crippen molar-refractivity contribution < 1.29 is 4.79 Å². The van der Waals surface area contributed by atoms with Gasteiger partial charge in [0.1, 0.15) is 0 Å². The normalized spacial score (nSPS) is 6.67. The molecule has 0 atom stereocenters. The fourth-order valence-corrected chi connectivity index (χ4v) is 0.0920. The van der Waals surface area contributed by atoms with E-state index in [-0.39, 0.29) is 5.11 Å². The Morgan fingerprint density at radius 3 is 2.50 bits per heavy atom. The second-order valence-corrected chi connectivity index (χ2v) is 1.03. The highest BCUT2D eigenvalue weighted by Crippen LogP contribution is 1.45. The van der Waals surface area contributed by atoms with Crippen molar-refractivity contribution in [1.82, 2.24) is 5.32 Å². The molecule has 0 saturated carbocycles. The van der Waals surface area contributed by atoms with Crippen LogP contribution in [0.15, 0.2) is 0 Å². The van der Waals surface area contributed by atoms with E-state index in [1.807, 2.05) is 5.32 Å². The van der Waals surface area contributed by atoms with E-state index < -0.39 is 0 Å². The van der Waals surface area contributed by atoms with Crippen molar-refractivity contribution in [2.45, 2.75) is 0 Å². The molecule has 0 heterocycles. The van der Waals surface area contributed by atoms with Crippen molar-refractivity contribution in [3.8, 4) is 0 Å². The molecular weight excluding hydrogens is 100 g/mol. The summed E-state index contributed by atoms with van der Waals surface area (Å²) in [6, 6.07) is 0. The number of carbonyl (C=O) groups excluding carboxylic acids is 1. The third-order valence-electron chi connectivity index (χ3n) is 0.174. The summed E-state index contributed by atoms with van der Waals surface area (Å²) in [4.78, 5) is 9.21. The van der Waals surface area contributed by atoms with Gasteiger partial charge < -0.3 is 5.73 Å². The van der Waals surface area contributed by atoms with Crippen molar-refractivity contribution >= 4 is 23.7 Å². The van der Waals surface area contributed by atoms with E-state index in [1.165, 1.54) is 6.41 Å². The minimum Gasteiger partial charge on any atom is -0.376 e. The van der Waals surface area contributed by atoms with Crippen LogP contribution in [0.4, 0.5) is 0 Å². The second-order valence-electron chi connectivity index (χ2n) is 0.591. The molecule has 0 unspecified atom stereocenters. The number of amides is 1. The van der Waals surface area contributed by atoms with E-state index in [2.05, 4.69) is 12.2 Å². The molecule has 4 heteroatoms. The molecule has 3 nitrogen and oxygen atoms in total. The van der Waals surface area contributed by atoms with Gasteiger partial charge in [0, 0.05) is 0 Å². The number of nitrogens with one attached hydrogen (secondary N) is 1. The minimum absolute atomic E-state index is 0.0509. The molecule has 0 aromatic rings. The molecular formula is C2H3N2OS. The molecule has 0 spiro atoms. The van der Waals surface area contributed by atoms with Crippen LogP contribution in [0.25, 0.3) is 0 Å². The Labute approximate surface area is 40.5 Å². The summed E-state index contributed by atoms with van der Waals surface area (Å²) in [6.45, 7) is 0. The highest BCUT2D eigenvalue weighted by atomic mass is 32.1. The number of nitrogens with two attached hydrogens (primary N) is 1. The monoisotopic (exact) mass is 103 g/mol. The SMILES string of the molecule is NC(=S)N[C]=O. The number of hydrogen-bond donors (Lipinski definition) is 2. The molecule has 3 N–H and O–H groups in total. The van der Waals surface area contributed by atoms with Crippen molar-refractivity contribution in [1.29, 1.82) is 0 Å². The van der Waals surface area contributed by atoms with E-state index in [0.29, 0.717) is 0 Å². The molecule has 0 aliphatic rings. The third kappa shape index (κ3) is 3.36. The molecule has 0 rings (SSSR count). The number of thiocarbonyl (C=S) groups is 1. The van der Waals surface area contributed by atoms with Crippen LogP contribution in [0.1, 0.15) is 0 Å². The predicted molar refractivity (Wildman–Crippen MR) is 25.6 cm³/mol. The first-order chi connectivity index (χ1) is 2.77. The summed E-state index contributed by atoms with van der Waals surface area (Å²) in [5.41, 5.74) is 4.76. The van der Waals surface area contributed by atoms with Crippen LogP contribution in [-0.4, -0.2) is 11.5 Å². The number of rotatable bonds is 1. The Morgan fingerprint density at radius 1 is 2.00 bits per heavy atom. The number of hydrogen-bond acceptors (Lipinski definition) is 2. The lowest BCUT2D eigenvalue weighted by atomic mass is 11.1. The van der Waals surface area contributed by atoms with Crippen LogP contribution in [0, 0.1) is 0 Å². The molecule has 33 valence electrons. The van der Waals surface area contributed by atoms with Gasteiger partial charge in [-0.2, -0.15) is 0 Å². The summed E-state index contributed by atoms with van der Waals surface area (Å²) in [5, 5.41) is 1.86. The van der Waals surface area contributed by atoms with Gasteiger partial charge in [-0.05, 0) is 12.2 Å². The maximum absolute atomic E-state index is 9.21. The first kappa shape index (κ1) is 5.36. The fourth-order valence-electron chi connectivity index (χ4n) is 0.0503. The van der Waals surface area contributed by atoms with Gasteiger partial charge in [-0.1, -0.05) is 0 Å². The van der Waals surface area contributed by atoms with E-state index >= 15 is 0 Å². The maximum Gasteiger partial charge on any atom is 0.315 e. The van der Waals surface area contributed by atoms with Gasteiger partial charge in [0.2, 0.25) is 0 Å². The van der Waals surface area contributed by atoms with E-state index in [1.54, 1.807) is 0 Å². The van der Waals surface area contributed by atoms with Crippen LogP contribution >= 0.6 is 12.2 Å². The molecule has 0 aromatic carbocycles. The summed E-state index contributed by atoms with van der Waals surface area (Å²) >= 11 is 4.20. The Kier molecular flexibility index (Phi) is 2.31. The summed E-state index contributed by atoms with van der Waals surface area (Å²) in [5.74, 6) is 0. The lowest BCUT2D eigenvalue weighted by Gasteiger charge is -1.82. The van der Waals surface area contributed by atoms with Crippen molar-refractivity contribution in [3.05, 3.63) is 0 Å². The van der Waals surface area contributed by atoms with Crippen LogP contribution in [0.3, 0.4) is 0 Å². The van der Waals surface area contributed by atoms with Gasteiger partial charge in [-0.15, -0.1) is 0 Å². The summed E-state index contributed by atoms with van der Waals surface area (Å²) in [7, 11) is 0. The smallest absolute Gasteiger partial charge is 0.315 e. The van der Waals surface area contributed by atoms with Crippen molar-refractivity contribution in [2.24, 2.45) is 5.73 Å². The van der Waals surface area contributed by atoms with Gasteiger partial charge in [-0.3, -0.25) is 10.1 Å². The van der Waals surface area contributed by atoms with Gasteiger partial charge in [0.05, 0.1) is 0 Å². The zero-order valence-corrected chi connectivity index (χ0v) is 3.71. The van der Waals surface area contributed by atoms with Gasteiger partial charge in [-0.25, -0.2) is 0 Å². The average molecular weight is 103 g/mol. The van der Waals surface area contributed by atoms with Gasteiger partial charge in [0.25, 0.3) is 0 Å². The molecule has 0 aliphatic carbocycles. The standard InChI is InChI=1S/C2H3N2OS/c3-2(6)4-1-5/h(H3,3,4,5,6). The predicted octanol–water partition coefficient (Wildman–Crippen LogP) is -1.11. The Bertz CT molecular complexity index is 71.9. The first-order valence-corrected chi connectivity index (χ1v) is 1.61. The Hall–Kier alpha value is -0.640. The van der Waals surface area contributed by atoms with Gasteiger partial charge in [0.15, 0.2) is 5.11 Å². The van der Waals surface area contributed by atoms with Crippen LogP contribution in [0.2, 0.25) is 0 Å². The lowest BCUT2D eigenvalue weighted by Crippen LogP contribution is -2.26. The second kappa shape index (κ2) is 2.59. The van der Waals surface area contributed by atoms with Gasteiger partial charge >= 0.3 is 6.41 Å². The molecule has 0 aromatic heterocycles. The molecule has 1 amide bonds. The van der Waals surface area contributed by atoms with Crippen LogP contribution in [0.5, 0.6) is 0 Å². The molecule has 0 saturated heterocycles. The largest absolute Gasteiger partial charge is 0.376 e. The molecule has 6 heavy (non-hydrogen) atoms. The molecule has 0 bridgehead atoms. The van der Waals surface area contributed by atoms with Crippen LogP contribution in [-0.2, 0) is 4.79 Å². The maximum atomic E-state index is 9.21. The Balaban J connectivity index is 3.05. The third-order valence-corrected chi connectivity index (χ3v) is 0.276. The molecule has 0 aliphatic heterocycles. The topological polar surface area (TPSA) is 55.1 Å². The average Bonchev–Trinajstić information content (AvgIpc) is 1.35. The molecule has 0 fully saturated rings. The fraction of sp³-hybridized carbons (Fsp3) is 0. The zero-order chi connectivity index (χ0) is 4.99. The van der Waals surface area contributed by atoms with E-state index in [4.69, 9.17) is 5.73 Å². The van der Waals surface area contributed by atoms with Crippen molar-refractivity contribution in [3.63, 3.8) is 0 Å².